The van der Waals surface area contributed by atoms with E-state index in [1.54, 1.807) is 34.1 Å². The Morgan fingerprint density at radius 1 is 0.852 bits per heavy atom. The standard InChI is InChI=1S/C40H35ClN2O10S/c1-20(44)51-32-19-50-40(37(36(32)47)52-21(2)45)53-31-16-29-35(27-10-6-5-9-26(27)31)22(17-41)18-43(29)39(49)34-12-11-33(54-34)38(48)42-14-13-24-23-7-3-4-8-25(23)30(46)15-28(24)42/h3-12,15-16,22,32,36-37,40,46-47H,13-14,17-19H2,1-2H3/t22-,32-,36+,37-,40?/m1/s1. The van der Waals surface area contributed by atoms with Gasteiger partial charge in [0, 0.05) is 61.6 Å². The van der Waals surface area contributed by atoms with Crippen LogP contribution in [0.3, 0.4) is 0 Å². The number of carbonyl (C=O) groups excluding carboxylic acids is 4. The van der Waals surface area contributed by atoms with Crippen molar-refractivity contribution in [3.05, 3.63) is 93.7 Å². The average molecular weight is 771 g/mol. The lowest BCUT2D eigenvalue weighted by Gasteiger charge is -2.38. The number of ether oxygens (including phenoxy) is 4. The third kappa shape index (κ3) is 6.20. The fourth-order valence-electron chi connectivity index (χ4n) is 7.74. The minimum Gasteiger partial charge on any atom is -0.507 e. The van der Waals surface area contributed by atoms with Crippen molar-refractivity contribution in [2.45, 2.75) is 50.8 Å². The topological polar surface area (TPSA) is 152 Å². The third-order valence-corrected chi connectivity index (χ3v) is 11.5. The highest BCUT2D eigenvalue weighted by Crippen LogP contribution is 2.47. The van der Waals surface area contributed by atoms with Gasteiger partial charge in [0.2, 0.25) is 6.29 Å². The molecule has 3 aliphatic rings. The number of phenols is 1. The fourth-order valence-corrected chi connectivity index (χ4v) is 8.89. The Morgan fingerprint density at radius 2 is 1.50 bits per heavy atom. The molecule has 3 aliphatic heterocycles. The number of benzene rings is 4. The molecule has 0 radical (unpaired) electrons. The first kappa shape index (κ1) is 35.8. The number of esters is 2. The van der Waals surface area contributed by atoms with E-state index in [1.807, 2.05) is 48.5 Å². The zero-order chi connectivity index (χ0) is 37.8. The average Bonchev–Trinajstić information content (AvgIpc) is 3.91. The summed E-state index contributed by atoms with van der Waals surface area (Å²) in [6, 6.07) is 21.6. The quantitative estimate of drug-likeness (QED) is 0.151. The van der Waals surface area contributed by atoms with Crippen LogP contribution < -0.4 is 14.5 Å². The van der Waals surface area contributed by atoms with E-state index in [4.69, 9.17) is 30.5 Å². The highest BCUT2D eigenvalue weighted by atomic mass is 35.5. The summed E-state index contributed by atoms with van der Waals surface area (Å²) in [5.41, 5.74) is 3.05. The Hall–Kier alpha value is -5.21. The smallest absolute Gasteiger partial charge is 0.303 e. The number of amides is 2. The van der Waals surface area contributed by atoms with Gasteiger partial charge in [0.15, 0.2) is 12.2 Å². The molecule has 1 fully saturated rings. The van der Waals surface area contributed by atoms with Crippen LogP contribution in [-0.2, 0) is 30.2 Å². The van der Waals surface area contributed by atoms with E-state index in [1.165, 1.54) is 13.8 Å². The molecule has 0 bridgehead atoms. The number of aliphatic hydroxyl groups is 1. The largest absolute Gasteiger partial charge is 0.507 e. The van der Waals surface area contributed by atoms with Gasteiger partial charge in [0.1, 0.15) is 17.6 Å². The molecule has 2 N–H and O–H groups in total. The van der Waals surface area contributed by atoms with E-state index in [0.717, 1.165) is 38.6 Å². The van der Waals surface area contributed by atoms with Gasteiger partial charge in [-0.25, -0.2) is 0 Å². The van der Waals surface area contributed by atoms with Crippen molar-refractivity contribution in [3.63, 3.8) is 0 Å². The molecule has 1 saturated heterocycles. The van der Waals surface area contributed by atoms with E-state index in [9.17, 15) is 29.4 Å². The number of hydrogen-bond donors (Lipinski definition) is 2. The predicted octanol–water partition coefficient (Wildman–Crippen LogP) is 5.91. The second-order valence-corrected chi connectivity index (χ2v) is 14.9. The number of rotatable bonds is 7. The van der Waals surface area contributed by atoms with Gasteiger partial charge in [-0.1, -0.05) is 48.5 Å². The highest BCUT2D eigenvalue weighted by Gasteiger charge is 2.46. The molecule has 1 unspecified atom stereocenters. The van der Waals surface area contributed by atoms with Crippen molar-refractivity contribution in [1.29, 1.82) is 0 Å². The number of alkyl halides is 1. The zero-order valence-electron chi connectivity index (χ0n) is 29.2. The predicted molar refractivity (Wildman–Crippen MR) is 202 cm³/mol. The molecule has 5 atom stereocenters. The molecule has 12 nitrogen and oxygen atoms in total. The summed E-state index contributed by atoms with van der Waals surface area (Å²) in [4.78, 5) is 55.9. The van der Waals surface area contributed by atoms with E-state index in [2.05, 4.69) is 0 Å². The van der Waals surface area contributed by atoms with Gasteiger partial charge < -0.3 is 39.0 Å². The number of aromatic hydroxyl groups is 1. The number of aliphatic hydroxyl groups excluding tert-OH is 1. The van der Waals surface area contributed by atoms with Crippen LogP contribution in [0, 0.1) is 0 Å². The Morgan fingerprint density at radius 3 is 2.19 bits per heavy atom. The molecule has 2 amide bonds. The van der Waals surface area contributed by atoms with Gasteiger partial charge in [-0.2, -0.15) is 0 Å². The molecule has 5 aromatic rings. The van der Waals surface area contributed by atoms with Gasteiger partial charge in [0.25, 0.3) is 11.8 Å². The van der Waals surface area contributed by atoms with Crippen LogP contribution in [0.2, 0.25) is 0 Å². The van der Waals surface area contributed by atoms with Crippen LogP contribution in [0.1, 0.15) is 50.2 Å². The summed E-state index contributed by atoms with van der Waals surface area (Å²) in [6.45, 7) is 2.88. The van der Waals surface area contributed by atoms with Gasteiger partial charge in [-0.15, -0.1) is 22.9 Å². The summed E-state index contributed by atoms with van der Waals surface area (Å²) < 4.78 is 22.8. The Bertz CT molecular complexity index is 2340. The summed E-state index contributed by atoms with van der Waals surface area (Å²) in [5, 5.41) is 24.9. The molecule has 1 aromatic heterocycles. The number of phenolic OH excluding ortho intramolecular Hbond substituents is 1. The fraction of sp³-hybridized carbons (Fsp3) is 0.300. The lowest BCUT2D eigenvalue weighted by Crippen LogP contribution is -2.57. The number of fused-ring (bicyclic) bond motifs is 6. The molecule has 4 heterocycles. The number of anilines is 2. The minimum atomic E-state index is -1.44. The van der Waals surface area contributed by atoms with Crippen LogP contribution in [0.5, 0.6) is 11.5 Å². The van der Waals surface area contributed by atoms with Crippen molar-refractivity contribution in [2.75, 3.05) is 35.4 Å². The minimum absolute atomic E-state index is 0.0998. The normalized spacial score (nSPS) is 21.9. The molecule has 54 heavy (non-hydrogen) atoms. The van der Waals surface area contributed by atoms with Crippen LogP contribution in [-0.4, -0.2) is 84.1 Å². The third-order valence-electron chi connectivity index (χ3n) is 10.1. The Balaban J connectivity index is 1.10. The lowest BCUT2D eigenvalue weighted by atomic mass is 9.95. The van der Waals surface area contributed by atoms with Crippen molar-refractivity contribution in [3.8, 4) is 11.5 Å². The van der Waals surface area contributed by atoms with E-state index in [0.29, 0.717) is 45.2 Å². The second-order valence-electron chi connectivity index (χ2n) is 13.5. The van der Waals surface area contributed by atoms with Gasteiger partial charge in [-0.05, 0) is 40.5 Å². The number of nitrogens with zero attached hydrogens (tertiary/aromatic N) is 2. The number of halogens is 1. The molecule has 0 spiro atoms. The highest BCUT2D eigenvalue weighted by molar-refractivity contribution is 7.16. The van der Waals surface area contributed by atoms with Gasteiger partial charge >= 0.3 is 11.9 Å². The summed E-state index contributed by atoms with van der Waals surface area (Å²) >= 11 is 7.62. The van der Waals surface area contributed by atoms with Crippen LogP contribution in [0.4, 0.5) is 11.4 Å². The molecular weight excluding hydrogens is 736 g/mol. The summed E-state index contributed by atoms with van der Waals surface area (Å²) in [5.74, 6) is -1.52. The van der Waals surface area contributed by atoms with Gasteiger partial charge in [0.05, 0.1) is 27.7 Å². The van der Waals surface area contributed by atoms with Crippen LogP contribution >= 0.6 is 22.9 Å². The first-order valence-corrected chi connectivity index (χ1v) is 18.8. The maximum absolute atomic E-state index is 14.3. The first-order valence-electron chi connectivity index (χ1n) is 17.4. The van der Waals surface area contributed by atoms with Crippen LogP contribution in [0.25, 0.3) is 21.5 Å². The number of carbonyl (C=O) groups is 4. The van der Waals surface area contributed by atoms with Crippen molar-refractivity contribution in [2.24, 2.45) is 0 Å². The monoisotopic (exact) mass is 770 g/mol. The van der Waals surface area contributed by atoms with Crippen molar-refractivity contribution < 1.29 is 48.3 Å². The Kier molecular flexibility index (Phi) is 9.42. The molecule has 0 aliphatic carbocycles. The SMILES string of the molecule is CC(=O)O[C@@H]1COC(Oc2cc3c(c4ccccc24)[C@H](CCl)CN3C(=O)c2ccc(C(=O)N3CCc4c3cc(O)c3ccccc43)s2)[C@H](OC(C)=O)[C@H]1O. The van der Waals surface area contributed by atoms with E-state index < -0.39 is 36.5 Å². The summed E-state index contributed by atoms with van der Waals surface area (Å²) in [6.07, 6.45) is -4.51. The van der Waals surface area contributed by atoms with Gasteiger partial charge in [-0.3, -0.25) is 19.2 Å². The molecule has 0 saturated carbocycles. The molecule has 278 valence electrons. The van der Waals surface area contributed by atoms with Crippen LogP contribution in [0.15, 0.2) is 72.8 Å². The molecular formula is C40H35ClN2O10S. The molecule has 4 aromatic carbocycles. The van der Waals surface area contributed by atoms with Crippen molar-refractivity contribution >= 4 is 79.6 Å². The summed E-state index contributed by atoms with van der Waals surface area (Å²) in [7, 11) is 0. The molecule has 8 rings (SSSR count). The number of hydrogen-bond acceptors (Lipinski definition) is 11. The Labute approximate surface area is 318 Å². The van der Waals surface area contributed by atoms with Crippen molar-refractivity contribution in [1.82, 2.24) is 0 Å². The molecule has 14 heteroatoms. The first-order chi connectivity index (χ1) is 26.0. The van der Waals surface area contributed by atoms with E-state index in [-0.39, 0.29) is 42.5 Å². The zero-order valence-corrected chi connectivity index (χ0v) is 30.8. The maximum atomic E-state index is 14.3. The lowest BCUT2D eigenvalue weighted by molar-refractivity contribution is -0.254. The maximum Gasteiger partial charge on any atom is 0.303 e. The second kappa shape index (κ2) is 14.2. The van der Waals surface area contributed by atoms with E-state index >= 15 is 0 Å². The number of thiophene rings is 1.